The highest BCUT2D eigenvalue weighted by Gasteiger charge is 2.28. The number of nitriles is 1. The SMILES string of the molecule is CCC(C)N(CC)CCCC(C#N)(CC)NC(C)C. The summed E-state index contributed by atoms with van der Waals surface area (Å²) in [6.45, 7) is 15.2. The maximum Gasteiger partial charge on any atom is 0.106 e. The maximum atomic E-state index is 9.48. The van der Waals surface area contributed by atoms with Gasteiger partial charge >= 0.3 is 0 Å². The normalized spacial score (nSPS) is 16.4. The fourth-order valence-electron chi connectivity index (χ4n) is 2.60. The van der Waals surface area contributed by atoms with Crippen molar-refractivity contribution in [3.8, 4) is 6.07 Å². The van der Waals surface area contributed by atoms with Crippen LogP contribution >= 0.6 is 0 Å². The van der Waals surface area contributed by atoms with Crippen molar-refractivity contribution in [3.05, 3.63) is 0 Å². The van der Waals surface area contributed by atoms with E-state index in [1.165, 1.54) is 6.42 Å². The van der Waals surface area contributed by atoms with Gasteiger partial charge in [-0.15, -0.1) is 0 Å². The molecule has 0 aliphatic rings. The van der Waals surface area contributed by atoms with Crippen molar-refractivity contribution in [1.82, 2.24) is 10.2 Å². The maximum absolute atomic E-state index is 9.48. The van der Waals surface area contributed by atoms with E-state index < -0.39 is 0 Å². The Bertz CT molecular complexity index is 270. The van der Waals surface area contributed by atoms with Gasteiger partial charge in [0.25, 0.3) is 0 Å². The van der Waals surface area contributed by atoms with Crippen LogP contribution in [0.1, 0.15) is 67.2 Å². The van der Waals surface area contributed by atoms with E-state index in [1.807, 2.05) is 0 Å². The monoisotopic (exact) mass is 267 g/mol. The molecule has 0 saturated carbocycles. The van der Waals surface area contributed by atoms with E-state index in [-0.39, 0.29) is 5.54 Å². The Hall–Kier alpha value is -0.590. The highest BCUT2D eigenvalue weighted by molar-refractivity contribution is 5.06. The minimum absolute atomic E-state index is 0.344. The van der Waals surface area contributed by atoms with E-state index in [4.69, 9.17) is 0 Å². The lowest BCUT2D eigenvalue weighted by atomic mass is 9.91. The van der Waals surface area contributed by atoms with Crippen molar-refractivity contribution < 1.29 is 0 Å². The molecule has 3 nitrogen and oxygen atoms in total. The zero-order chi connectivity index (χ0) is 14.9. The van der Waals surface area contributed by atoms with Crippen LogP contribution in [-0.2, 0) is 0 Å². The van der Waals surface area contributed by atoms with E-state index in [1.54, 1.807) is 0 Å². The van der Waals surface area contributed by atoms with E-state index in [2.05, 4.69) is 57.8 Å². The average Bonchev–Trinajstić information content (AvgIpc) is 2.41. The van der Waals surface area contributed by atoms with Gasteiger partial charge in [0, 0.05) is 12.1 Å². The van der Waals surface area contributed by atoms with Crippen LogP contribution < -0.4 is 5.32 Å². The minimum Gasteiger partial charge on any atom is -0.301 e. The predicted molar refractivity (Wildman–Crippen MR) is 83.1 cm³/mol. The lowest BCUT2D eigenvalue weighted by molar-refractivity contribution is 0.201. The van der Waals surface area contributed by atoms with Crippen LogP contribution in [-0.4, -0.2) is 35.6 Å². The van der Waals surface area contributed by atoms with Crippen LogP contribution in [0, 0.1) is 11.3 Å². The molecule has 0 aromatic rings. The number of hydrogen-bond acceptors (Lipinski definition) is 3. The third-order valence-electron chi connectivity index (χ3n) is 4.05. The molecule has 0 saturated heterocycles. The molecule has 19 heavy (non-hydrogen) atoms. The molecule has 3 heteroatoms. The molecule has 0 heterocycles. The van der Waals surface area contributed by atoms with Gasteiger partial charge in [0.15, 0.2) is 0 Å². The van der Waals surface area contributed by atoms with E-state index in [0.717, 1.165) is 32.4 Å². The molecule has 0 aromatic heterocycles. The molecule has 0 rings (SSSR count). The molecule has 0 radical (unpaired) electrons. The first-order chi connectivity index (χ1) is 8.94. The first-order valence-corrected chi connectivity index (χ1v) is 7.87. The topological polar surface area (TPSA) is 39.1 Å². The molecule has 0 spiro atoms. The lowest BCUT2D eigenvalue weighted by Crippen LogP contribution is -2.47. The van der Waals surface area contributed by atoms with Crippen LogP contribution in [0.5, 0.6) is 0 Å². The molecule has 2 atom stereocenters. The van der Waals surface area contributed by atoms with Crippen molar-refractivity contribution in [2.24, 2.45) is 0 Å². The number of hydrogen-bond donors (Lipinski definition) is 1. The molecule has 112 valence electrons. The second kappa shape index (κ2) is 9.34. The summed E-state index contributed by atoms with van der Waals surface area (Å²) in [6, 6.07) is 3.50. The summed E-state index contributed by atoms with van der Waals surface area (Å²) in [4.78, 5) is 2.51. The quantitative estimate of drug-likeness (QED) is 0.658. The van der Waals surface area contributed by atoms with E-state index >= 15 is 0 Å². The van der Waals surface area contributed by atoms with Gasteiger partial charge < -0.3 is 4.90 Å². The van der Waals surface area contributed by atoms with Crippen LogP contribution in [0.3, 0.4) is 0 Å². The first kappa shape index (κ1) is 18.4. The van der Waals surface area contributed by atoms with Gasteiger partial charge in [-0.1, -0.05) is 20.8 Å². The summed E-state index contributed by atoms with van der Waals surface area (Å²) in [6.07, 6.45) is 4.08. The Labute approximate surface area is 120 Å². The number of rotatable bonds is 10. The molecule has 0 aliphatic heterocycles. The van der Waals surface area contributed by atoms with Crippen LogP contribution in [0.2, 0.25) is 0 Å². The Morgan fingerprint density at radius 3 is 2.21 bits per heavy atom. The third-order valence-corrected chi connectivity index (χ3v) is 4.05. The van der Waals surface area contributed by atoms with Crippen LogP contribution in [0.25, 0.3) is 0 Å². The third kappa shape index (κ3) is 6.40. The van der Waals surface area contributed by atoms with Gasteiger partial charge in [0.1, 0.15) is 5.54 Å². The smallest absolute Gasteiger partial charge is 0.106 e. The molecular formula is C16H33N3. The van der Waals surface area contributed by atoms with Gasteiger partial charge in [-0.2, -0.15) is 5.26 Å². The fourth-order valence-corrected chi connectivity index (χ4v) is 2.60. The molecule has 2 unspecified atom stereocenters. The highest BCUT2D eigenvalue weighted by Crippen LogP contribution is 2.18. The fraction of sp³-hybridized carbons (Fsp3) is 0.938. The van der Waals surface area contributed by atoms with Crippen molar-refractivity contribution in [1.29, 1.82) is 5.26 Å². The van der Waals surface area contributed by atoms with Gasteiger partial charge in [0.2, 0.25) is 0 Å². The summed E-state index contributed by atoms with van der Waals surface area (Å²) in [5.74, 6) is 0. The van der Waals surface area contributed by atoms with Gasteiger partial charge in [-0.25, -0.2) is 0 Å². The largest absolute Gasteiger partial charge is 0.301 e. The number of nitrogens with one attached hydrogen (secondary N) is 1. The molecule has 1 N–H and O–H groups in total. The Morgan fingerprint density at radius 1 is 1.21 bits per heavy atom. The Morgan fingerprint density at radius 2 is 1.84 bits per heavy atom. The molecule has 0 aliphatic carbocycles. The second-order valence-corrected chi connectivity index (χ2v) is 5.84. The highest BCUT2D eigenvalue weighted by atomic mass is 15.1. The second-order valence-electron chi connectivity index (χ2n) is 5.84. The standard InChI is InChI=1S/C16H33N3/c1-7-15(6)19(9-3)12-10-11-16(8-2,13-17)18-14(4)5/h14-15,18H,7-12H2,1-6H3. The Kier molecular flexibility index (Phi) is 9.05. The molecular weight excluding hydrogens is 234 g/mol. The van der Waals surface area contributed by atoms with Crippen LogP contribution in [0.15, 0.2) is 0 Å². The first-order valence-electron chi connectivity index (χ1n) is 7.87. The zero-order valence-corrected chi connectivity index (χ0v) is 13.8. The van der Waals surface area contributed by atoms with Crippen molar-refractivity contribution in [3.63, 3.8) is 0 Å². The summed E-state index contributed by atoms with van der Waals surface area (Å²) in [7, 11) is 0. The number of nitrogens with zero attached hydrogens (tertiary/aromatic N) is 2. The predicted octanol–water partition coefficient (Wildman–Crippen LogP) is 3.56. The van der Waals surface area contributed by atoms with Crippen LogP contribution in [0.4, 0.5) is 0 Å². The van der Waals surface area contributed by atoms with E-state index in [9.17, 15) is 5.26 Å². The molecule has 0 amide bonds. The molecule has 0 fully saturated rings. The average molecular weight is 267 g/mol. The summed E-state index contributed by atoms with van der Waals surface area (Å²) in [5, 5.41) is 12.9. The Balaban J connectivity index is 4.37. The summed E-state index contributed by atoms with van der Waals surface area (Å²) < 4.78 is 0. The van der Waals surface area contributed by atoms with Crippen molar-refractivity contribution >= 4 is 0 Å². The minimum atomic E-state index is -0.344. The van der Waals surface area contributed by atoms with Crippen molar-refractivity contribution in [2.45, 2.75) is 84.8 Å². The van der Waals surface area contributed by atoms with Gasteiger partial charge in [-0.3, -0.25) is 5.32 Å². The van der Waals surface area contributed by atoms with Crippen molar-refractivity contribution in [2.75, 3.05) is 13.1 Å². The lowest BCUT2D eigenvalue weighted by Gasteiger charge is -2.31. The molecule has 0 aromatic carbocycles. The van der Waals surface area contributed by atoms with E-state index in [0.29, 0.717) is 12.1 Å². The summed E-state index contributed by atoms with van der Waals surface area (Å²) in [5.41, 5.74) is -0.344. The van der Waals surface area contributed by atoms with Gasteiger partial charge in [0.05, 0.1) is 6.07 Å². The molecule has 0 bridgehead atoms. The van der Waals surface area contributed by atoms with Gasteiger partial charge in [-0.05, 0) is 59.5 Å². The summed E-state index contributed by atoms with van der Waals surface area (Å²) >= 11 is 0. The zero-order valence-electron chi connectivity index (χ0n) is 13.8.